The van der Waals surface area contributed by atoms with E-state index in [1.165, 1.54) is 17.7 Å². The van der Waals surface area contributed by atoms with Gasteiger partial charge in [0.15, 0.2) is 0 Å². The lowest BCUT2D eigenvalue weighted by Gasteiger charge is -2.47. The Bertz CT molecular complexity index is 801. The van der Waals surface area contributed by atoms with E-state index in [0.717, 1.165) is 31.5 Å². The van der Waals surface area contributed by atoms with Crippen molar-refractivity contribution in [2.45, 2.75) is 24.8 Å². The maximum atomic E-state index is 13.6. The number of nitrogens with zero attached hydrogens (tertiary/aromatic N) is 2. The summed E-state index contributed by atoms with van der Waals surface area (Å²) in [7, 11) is 6.10. The Kier molecular flexibility index (Phi) is 7.04. The summed E-state index contributed by atoms with van der Waals surface area (Å²) >= 11 is 0. The number of amides is 1. The molecular formula is C24H32FN3O. The number of hydrogen-bond acceptors (Lipinski definition) is 3. The highest BCUT2D eigenvalue weighted by molar-refractivity contribution is 5.79. The van der Waals surface area contributed by atoms with E-state index in [4.69, 9.17) is 0 Å². The van der Waals surface area contributed by atoms with Gasteiger partial charge in [0, 0.05) is 25.2 Å². The van der Waals surface area contributed by atoms with Crippen molar-refractivity contribution in [3.05, 3.63) is 71.5 Å². The lowest BCUT2D eigenvalue weighted by molar-refractivity contribution is -0.138. The van der Waals surface area contributed by atoms with Gasteiger partial charge in [0.1, 0.15) is 5.82 Å². The molecule has 0 bridgehead atoms. The van der Waals surface area contributed by atoms with Crippen LogP contribution < -0.4 is 5.32 Å². The molecule has 1 aliphatic heterocycles. The van der Waals surface area contributed by atoms with Gasteiger partial charge in [-0.25, -0.2) is 4.39 Å². The van der Waals surface area contributed by atoms with Crippen LogP contribution in [-0.4, -0.2) is 56.5 Å². The second-order valence-electron chi connectivity index (χ2n) is 8.21. The highest BCUT2D eigenvalue weighted by Crippen LogP contribution is 2.37. The minimum Gasteiger partial charge on any atom is -0.342 e. The quantitative estimate of drug-likeness (QED) is 0.779. The molecule has 2 aromatic carbocycles. The van der Waals surface area contributed by atoms with Crippen LogP contribution in [0.2, 0.25) is 0 Å². The first kappa shape index (κ1) is 21.5. The normalized spacial score (nSPS) is 17.3. The molecule has 29 heavy (non-hydrogen) atoms. The maximum absolute atomic E-state index is 13.6. The highest BCUT2D eigenvalue weighted by Gasteiger charge is 2.40. The summed E-state index contributed by atoms with van der Waals surface area (Å²) < 4.78 is 13.6. The topological polar surface area (TPSA) is 35.6 Å². The standard InChI is InChI=1S/C24H32FN3O/c1-26-18-20(16-19-8-7-11-22(25)17-19)23(29)28-14-12-24(13-15-28,27(2)3)21-9-5-4-6-10-21/h4-11,17,20,26H,12-16,18H2,1-3H3. The minimum absolute atomic E-state index is 0.0426. The van der Waals surface area contributed by atoms with Crippen LogP contribution in [0.25, 0.3) is 0 Å². The molecule has 4 nitrogen and oxygen atoms in total. The lowest BCUT2D eigenvalue weighted by atomic mass is 9.79. The Balaban J connectivity index is 1.71. The fourth-order valence-electron chi connectivity index (χ4n) is 4.54. The Hall–Kier alpha value is -2.24. The van der Waals surface area contributed by atoms with E-state index >= 15 is 0 Å². The van der Waals surface area contributed by atoms with Crippen LogP contribution >= 0.6 is 0 Å². The monoisotopic (exact) mass is 397 g/mol. The smallest absolute Gasteiger partial charge is 0.227 e. The van der Waals surface area contributed by atoms with Crippen molar-refractivity contribution in [2.75, 3.05) is 40.8 Å². The molecular weight excluding hydrogens is 365 g/mol. The molecule has 1 fully saturated rings. The first-order chi connectivity index (χ1) is 14.0. The predicted molar refractivity (Wildman–Crippen MR) is 115 cm³/mol. The van der Waals surface area contributed by atoms with Crippen LogP contribution in [0.4, 0.5) is 4.39 Å². The van der Waals surface area contributed by atoms with Gasteiger partial charge < -0.3 is 10.2 Å². The Morgan fingerprint density at radius 1 is 1.14 bits per heavy atom. The fraction of sp³-hybridized carbons (Fsp3) is 0.458. The zero-order valence-electron chi connectivity index (χ0n) is 17.7. The van der Waals surface area contributed by atoms with Crippen LogP contribution in [0.15, 0.2) is 54.6 Å². The van der Waals surface area contributed by atoms with E-state index in [-0.39, 0.29) is 23.2 Å². The molecule has 5 heteroatoms. The van der Waals surface area contributed by atoms with Crippen LogP contribution in [-0.2, 0) is 16.8 Å². The molecule has 0 radical (unpaired) electrons. The number of piperidine rings is 1. The number of hydrogen-bond donors (Lipinski definition) is 1. The van der Waals surface area contributed by atoms with Crippen molar-refractivity contribution in [3.63, 3.8) is 0 Å². The molecule has 1 heterocycles. The predicted octanol–water partition coefficient (Wildman–Crippen LogP) is 3.28. The molecule has 0 spiro atoms. The van der Waals surface area contributed by atoms with Crippen LogP contribution in [0.5, 0.6) is 0 Å². The SMILES string of the molecule is CNCC(Cc1cccc(F)c1)C(=O)N1CCC(c2ccccc2)(N(C)C)CC1. The summed E-state index contributed by atoms with van der Waals surface area (Å²) in [5.74, 6) is -0.288. The third-order valence-corrected chi connectivity index (χ3v) is 6.24. The van der Waals surface area contributed by atoms with Crippen LogP contribution in [0.3, 0.4) is 0 Å². The van der Waals surface area contributed by atoms with E-state index in [1.54, 1.807) is 6.07 Å². The Labute approximate surface area is 173 Å². The first-order valence-corrected chi connectivity index (χ1v) is 10.4. The second-order valence-corrected chi connectivity index (χ2v) is 8.21. The lowest BCUT2D eigenvalue weighted by Crippen LogP contribution is -2.53. The van der Waals surface area contributed by atoms with Crippen LogP contribution in [0, 0.1) is 11.7 Å². The first-order valence-electron chi connectivity index (χ1n) is 10.4. The van der Waals surface area contributed by atoms with E-state index in [9.17, 15) is 9.18 Å². The molecule has 2 aromatic rings. The minimum atomic E-state index is -0.255. The molecule has 1 unspecified atom stereocenters. The molecule has 1 aliphatic rings. The average molecular weight is 398 g/mol. The summed E-state index contributed by atoms with van der Waals surface area (Å²) in [5, 5.41) is 3.13. The number of benzene rings is 2. The molecule has 1 saturated heterocycles. The molecule has 0 aromatic heterocycles. The van der Waals surface area contributed by atoms with Gasteiger partial charge in [-0.1, -0.05) is 42.5 Å². The number of rotatable bonds is 7. The summed E-state index contributed by atoms with van der Waals surface area (Å²) in [6.45, 7) is 2.05. The molecule has 1 amide bonds. The highest BCUT2D eigenvalue weighted by atomic mass is 19.1. The third kappa shape index (κ3) is 4.85. The van der Waals surface area contributed by atoms with Gasteiger partial charge in [-0.05, 0) is 63.7 Å². The van der Waals surface area contributed by atoms with Crippen molar-refractivity contribution in [3.8, 4) is 0 Å². The van der Waals surface area contributed by atoms with E-state index in [2.05, 4.69) is 48.6 Å². The van der Waals surface area contributed by atoms with Gasteiger partial charge >= 0.3 is 0 Å². The van der Waals surface area contributed by atoms with Crippen LogP contribution in [0.1, 0.15) is 24.0 Å². The van der Waals surface area contributed by atoms with Crippen molar-refractivity contribution < 1.29 is 9.18 Å². The van der Waals surface area contributed by atoms with E-state index in [1.807, 2.05) is 24.1 Å². The number of carbonyl (C=O) groups is 1. The van der Waals surface area contributed by atoms with Gasteiger partial charge in [-0.15, -0.1) is 0 Å². The van der Waals surface area contributed by atoms with Crippen molar-refractivity contribution >= 4 is 5.91 Å². The van der Waals surface area contributed by atoms with Crippen molar-refractivity contribution in [1.29, 1.82) is 0 Å². The number of halogens is 1. The van der Waals surface area contributed by atoms with Crippen molar-refractivity contribution in [2.24, 2.45) is 5.92 Å². The largest absolute Gasteiger partial charge is 0.342 e. The number of likely N-dealkylation sites (tertiary alicyclic amines) is 1. The third-order valence-electron chi connectivity index (χ3n) is 6.24. The molecule has 0 aliphatic carbocycles. The molecule has 1 atom stereocenters. The average Bonchev–Trinajstić information content (AvgIpc) is 2.73. The fourth-order valence-corrected chi connectivity index (χ4v) is 4.54. The number of carbonyl (C=O) groups excluding carboxylic acids is 1. The molecule has 1 N–H and O–H groups in total. The second kappa shape index (κ2) is 9.51. The van der Waals surface area contributed by atoms with Gasteiger partial charge in [0.05, 0.1) is 5.92 Å². The Morgan fingerprint density at radius 2 is 1.83 bits per heavy atom. The Morgan fingerprint density at radius 3 is 2.41 bits per heavy atom. The molecule has 0 saturated carbocycles. The summed E-state index contributed by atoms with van der Waals surface area (Å²) in [4.78, 5) is 17.6. The molecule has 3 rings (SSSR count). The number of nitrogens with one attached hydrogen (secondary N) is 1. The van der Waals surface area contributed by atoms with E-state index in [0.29, 0.717) is 13.0 Å². The van der Waals surface area contributed by atoms with Gasteiger partial charge in [0.2, 0.25) is 5.91 Å². The van der Waals surface area contributed by atoms with Gasteiger partial charge in [-0.2, -0.15) is 0 Å². The van der Waals surface area contributed by atoms with Gasteiger partial charge in [0.25, 0.3) is 0 Å². The zero-order valence-corrected chi connectivity index (χ0v) is 17.7. The maximum Gasteiger partial charge on any atom is 0.227 e. The summed E-state index contributed by atoms with van der Waals surface area (Å²) in [6, 6.07) is 17.1. The van der Waals surface area contributed by atoms with E-state index < -0.39 is 0 Å². The van der Waals surface area contributed by atoms with Gasteiger partial charge in [-0.3, -0.25) is 9.69 Å². The summed E-state index contributed by atoms with van der Waals surface area (Å²) in [6.07, 6.45) is 2.36. The van der Waals surface area contributed by atoms with Crippen molar-refractivity contribution in [1.82, 2.24) is 15.1 Å². The molecule has 156 valence electrons. The zero-order chi connectivity index (χ0) is 20.9. The summed E-state index contributed by atoms with van der Waals surface area (Å²) in [5.41, 5.74) is 2.13.